The molecule has 4 aromatic rings. The Hall–Kier alpha value is -3.56. The average Bonchev–Trinajstić information content (AvgIpc) is 3.22. The summed E-state index contributed by atoms with van der Waals surface area (Å²) < 4.78 is 57.0. The zero-order valence-corrected chi connectivity index (χ0v) is 30.1. The molecule has 3 fully saturated rings. The molecule has 3 aliphatic rings. The molecule has 0 saturated carbocycles. The summed E-state index contributed by atoms with van der Waals surface area (Å²) >= 11 is 0. The SMILES string of the molecule is CO[C@H]1O[C@@H]2CO[C@@H](c3ccccc3)O[C@H]2[C@H](NC[C@H]2O[C@H](OC)[C@H](OCc3ccccc3)[C@@H](OCc3ccccc3)[C@@H]2OCc2ccccc2)[C@@H]1O. The molecule has 0 amide bonds. The summed E-state index contributed by atoms with van der Waals surface area (Å²) in [5.41, 5.74) is 3.90. The van der Waals surface area contributed by atoms with E-state index in [9.17, 15) is 5.11 Å². The second kappa shape index (κ2) is 18.7. The van der Waals surface area contributed by atoms with Gasteiger partial charge < -0.3 is 53.1 Å². The molecule has 3 saturated heterocycles. The fraction of sp³-hybridized carbons (Fsp3) is 0.429. The number of hydrogen-bond donors (Lipinski definition) is 2. The number of methoxy groups -OCH3 is 2. The van der Waals surface area contributed by atoms with Crippen LogP contribution in [0.3, 0.4) is 0 Å². The van der Waals surface area contributed by atoms with Crippen LogP contribution in [-0.2, 0) is 62.5 Å². The summed E-state index contributed by atoms with van der Waals surface area (Å²) in [6.07, 6.45) is -6.86. The van der Waals surface area contributed by atoms with Gasteiger partial charge in [-0.2, -0.15) is 0 Å². The van der Waals surface area contributed by atoms with E-state index < -0.39 is 67.6 Å². The molecule has 282 valence electrons. The maximum Gasteiger partial charge on any atom is 0.186 e. The number of nitrogens with one attached hydrogen (secondary N) is 1. The number of hydrogen-bond acceptors (Lipinski definition) is 11. The Bertz CT molecular complexity index is 1640. The number of aliphatic hydroxyl groups excluding tert-OH is 1. The van der Waals surface area contributed by atoms with E-state index in [0.29, 0.717) is 19.8 Å². The zero-order chi connectivity index (χ0) is 36.4. The van der Waals surface area contributed by atoms with E-state index in [1.54, 1.807) is 7.11 Å². The Labute approximate surface area is 311 Å². The lowest BCUT2D eigenvalue weighted by atomic mass is 9.93. The number of aliphatic hydroxyl groups is 1. The maximum absolute atomic E-state index is 11.6. The molecule has 7 rings (SSSR count). The Morgan fingerprint density at radius 2 is 1.11 bits per heavy atom. The Kier molecular flexibility index (Phi) is 13.3. The van der Waals surface area contributed by atoms with Crippen LogP contribution in [0.5, 0.6) is 0 Å². The van der Waals surface area contributed by atoms with Gasteiger partial charge in [0.2, 0.25) is 0 Å². The second-order valence-corrected chi connectivity index (χ2v) is 13.4. The lowest BCUT2D eigenvalue weighted by Gasteiger charge is -2.49. The van der Waals surface area contributed by atoms with Crippen molar-refractivity contribution in [1.29, 1.82) is 0 Å². The summed E-state index contributed by atoms with van der Waals surface area (Å²) in [5, 5.41) is 15.1. The van der Waals surface area contributed by atoms with E-state index in [4.69, 9.17) is 42.6 Å². The minimum atomic E-state index is -1.06. The molecule has 3 aliphatic heterocycles. The molecular weight excluding hydrogens is 678 g/mol. The van der Waals surface area contributed by atoms with E-state index in [1.165, 1.54) is 7.11 Å². The van der Waals surface area contributed by atoms with Gasteiger partial charge in [-0.3, -0.25) is 0 Å². The van der Waals surface area contributed by atoms with Crippen LogP contribution in [0.4, 0.5) is 0 Å². The van der Waals surface area contributed by atoms with Gasteiger partial charge in [-0.15, -0.1) is 0 Å². The molecule has 0 aromatic heterocycles. The number of fused-ring (bicyclic) bond motifs is 1. The van der Waals surface area contributed by atoms with Crippen molar-refractivity contribution in [3.05, 3.63) is 144 Å². The number of rotatable bonds is 15. The van der Waals surface area contributed by atoms with Crippen LogP contribution in [0.25, 0.3) is 0 Å². The molecule has 11 nitrogen and oxygen atoms in total. The lowest BCUT2D eigenvalue weighted by molar-refractivity contribution is -0.343. The van der Waals surface area contributed by atoms with E-state index in [2.05, 4.69) is 5.32 Å². The van der Waals surface area contributed by atoms with Gasteiger partial charge in [0.25, 0.3) is 0 Å². The predicted molar refractivity (Wildman–Crippen MR) is 194 cm³/mol. The first-order chi connectivity index (χ1) is 26.1. The van der Waals surface area contributed by atoms with Crippen LogP contribution in [0.1, 0.15) is 28.5 Å². The van der Waals surface area contributed by atoms with Crippen molar-refractivity contribution < 1.29 is 47.7 Å². The summed E-state index contributed by atoms with van der Waals surface area (Å²) in [6.45, 7) is 1.48. The molecular formula is C42H49NO10. The normalized spacial score (nSPS) is 31.5. The van der Waals surface area contributed by atoms with Gasteiger partial charge >= 0.3 is 0 Å². The van der Waals surface area contributed by atoms with Crippen LogP contribution in [0, 0.1) is 0 Å². The van der Waals surface area contributed by atoms with Crippen molar-refractivity contribution in [2.75, 3.05) is 27.4 Å². The third kappa shape index (κ3) is 9.40. The summed E-state index contributed by atoms with van der Waals surface area (Å²) in [6, 6.07) is 39.1. The Morgan fingerprint density at radius 3 is 1.66 bits per heavy atom. The van der Waals surface area contributed by atoms with Crippen molar-refractivity contribution in [3.63, 3.8) is 0 Å². The van der Waals surface area contributed by atoms with Gasteiger partial charge in [-0.1, -0.05) is 121 Å². The highest BCUT2D eigenvalue weighted by molar-refractivity contribution is 5.18. The largest absolute Gasteiger partial charge is 0.386 e. The zero-order valence-electron chi connectivity index (χ0n) is 30.1. The first-order valence-electron chi connectivity index (χ1n) is 18.2. The molecule has 3 heterocycles. The van der Waals surface area contributed by atoms with Crippen molar-refractivity contribution in [1.82, 2.24) is 5.32 Å². The maximum atomic E-state index is 11.6. The average molecular weight is 728 g/mol. The Balaban J connectivity index is 1.16. The minimum absolute atomic E-state index is 0.248. The van der Waals surface area contributed by atoms with Crippen LogP contribution in [0.2, 0.25) is 0 Å². The van der Waals surface area contributed by atoms with Crippen LogP contribution in [0.15, 0.2) is 121 Å². The van der Waals surface area contributed by atoms with Gasteiger partial charge in [-0.25, -0.2) is 0 Å². The first-order valence-corrected chi connectivity index (χ1v) is 18.2. The highest BCUT2D eigenvalue weighted by Crippen LogP contribution is 2.35. The predicted octanol–water partition coefficient (Wildman–Crippen LogP) is 4.92. The van der Waals surface area contributed by atoms with Gasteiger partial charge in [0.05, 0.1) is 32.5 Å². The van der Waals surface area contributed by atoms with Crippen molar-refractivity contribution >= 4 is 0 Å². The topological polar surface area (TPSA) is 115 Å². The summed E-state index contributed by atoms with van der Waals surface area (Å²) in [5.74, 6) is 0. The number of ether oxygens (including phenoxy) is 9. The number of benzene rings is 4. The van der Waals surface area contributed by atoms with Gasteiger partial charge in [0.15, 0.2) is 18.9 Å². The molecule has 0 spiro atoms. The van der Waals surface area contributed by atoms with Crippen molar-refractivity contribution in [2.45, 2.75) is 87.5 Å². The molecule has 11 atom stereocenters. The van der Waals surface area contributed by atoms with E-state index in [0.717, 1.165) is 22.3 Å². The molecule has 11 heteroatoms. The smallest absolute Gasteiger partial charge is 0.186 e. The van der Waals surface area contributed by atoms with Crippen molar-refractivity contribution in [3.8, 4) is 0 Å². The lowest BCUT2D eigenvalue weighted by Crippen LogP contribution is -2.68. The van der Waals surface area contributed by atoms with E-state index >= 15 is 0 Å². The molecule has 4 aromatic carbocycles. The fourth-order valence-electron chi connectivity index (χ4n) is 7.16. The molecule has 0 unspecified atom stereocenters. The fourth-order valence-corrected chi connectivity index (χ4v) is 7.16. The first kappa shape index (κ1) is 37.7. The standard InChI is InChI=1S/C42H49NO10/c1-45-41-35(44)34(36-33(52-41)27-50-40(53-36)31-21-13-6-14-22-31)43-23-32-37(47-24-28-15-7-3-8-16-28)38(48-25-29-17-9-4-10-18-29)39(42(46-2)51-32)49-26-30-19-11-5-12-20-30/h3-22,32-44H,23-27H2,1-2H3/t32-,33-,34-,35+,36-,37-,38+,39-,40-,41+,42+/m1/s1. The van der Waals surface area contributed by atoms with Crippen LogP contribution < -0.4 is 5.32 Å². The van der Waals surface area contributed by atoms with Crippen LogP contribution >= 0.6 is 0 Å². The quantitative estimate of drug-likeness (QED) is 0.174. The molecule has 0 radical (unpaired) electrons. The highest BCUT2D eigenvalue weighted by Gasteiger charge is 2.52. The minimum Gasteiger partial charge on any atom is -0.386 e. The second-order valence-electron chi connectivity index (χ2n) is 13.4. The molecule has 53 heavy (non-hydrogen) atoms. The molecule has 0 aliphatic carbocycles. The molecule has 0 bridgehead atoms. The highest BCUT2D eigenvalue weighted by atomic mass is 16.7. The van der Waals surface area contributed by atoms with Crippen molar-refractivity contribution in [2.24, 2.45) is 0 Å². The third-order valence-corrected chi connectivity index (χ3v) is 9.91. The molecule has 2 N–H and O–H groups in total. The van der Waals surface area contributed by atoms with Gasteiger partial charge in [-0.05, 0) is 16.7 Å². The Morgan fingerprint density at radius 1 is 0.604 bits per heavy atom. The van der Waals surface area contributed by atoms with Gasteiger partial charge in [0, 0.05) is 26.3 Å². The van der Waals surface area contributed by atoms with Gasteiger partial charge in [0.1, 0.15) is 42.7 Å². The monoisotopic (exact) mass is 727 g/mol. The van der Waals surface area contributed by atoms with E-state index in [1.807, 2.05) is 121 Å². The van der Waals surface area contributed by atoms with Crippen LogP contribution in [-0.4, -0.2) is 93.8 Å². The summed E-state index contributed by atoms with van der Waals surface area (Å²) in [4.78, 5) is 0. The third-order valence-electron chi connectivity index (χ3n) is 9.91. The summed E-state index contributed by atoms with van der Waals surface area (Å²) in [7, 11) is 3.11. The van der Waals surface area contributed by atoms with E-state index in [-0.39, 0.29) is 13.2 Å².